The Morgan fingerprint density at radius 2 is 1.52 bits per heavy atom. The van der Waals surface area contributed by atoms with Crippen LogP contribution in [0.1, 0.15) is 34.5 Å². The second kappa shape index (κ2) is 8.65. The molecule has 156 valence electrons. The topological polar surface area (TPSA) is 32.3 Å². The van der Waals surface area contributed by atoms with Gasteiger partial charge < -0.3 is 10.2 Å². The SMILES string of the molecule is CNc1ccc2c(C(C)N(C)C(=O)c3ccc(-c4ccc(C)cc4)cc3)cccc2c1. The van der Waals surface area contributed by atoms with Crippen molar-refractivity contribution >= 4 is 22.4 Å². The van der Waals surface area contributed by atoms with E-state index in [0.29, 0.717) is 5.56 Å². The van der Waals surface area contributed by atoms with Gasteiger partial charge >= 0.3 is 0 Å². The molecule has 0 saturated heterocycles. The van der Waals surface area contributed by atoms with E-state index in [2.05, 4.69) is 79.8 Å². The van der Waals surface area contributed by atoms with E-state index in [9.17, 15) is 4.79 Å². The number of hydrogen-bond acceptors (Lipinski definition) is 2. The average Bonchev–Trinajstić information content (AvgIpc) is 2.82. The van der Waals surface area contributed by atoms with Gasteiger partial charge in [0.1, 0.15) is 0 Å². The normalized spacial score (nSPS) is 11.9. The van der Waals surface area contributed by atoms with Crippen molar-refractivity contribution in [3.8, 4) is 11.1 Å². The van der Waals surface area contributed by atoms with Crippen molar-refractivity contribution in [2.75, 3.05) is 19.4 Å². The first-order chi connectivity index (χ1) is 15.0. The molecule has 0 spiro atoms. The van der Waals surface area contributed by atoms with E-state index in [1.807, 2.05) is 43.3 Å². The minimum absolute atomic E-state index is 0.0202. The van der Waals surface area contributed by atoms with E-state index in [1.165, 1.54) is 16.3 Å². The Bertz CT molecular complexity index is 1210. The number of aryl methyl sites for hydroxylation is 1. The van der Waals surface area contributed by atoms with Crippen molar-refractivity contribution in [1.82, 2.24) is 4.90 Å². The highest BCUT2D eigenvalue weighted by molar-refractivity contribution is 5.95. The third-order valence-electron chi connectivity index (χ3n) is 6.07. The van der Waals surface area contributed by atoms with E-state index < -0.39 is 0 Å². The molecule has 4 aromatic rings. The van der Waals surface area contributed by atoms with Gasteiger partial charge in [-0.15, -0.1) is 0 Å². The fraction of sp³-hybridized carbons (Fsp3) is 0.179. The highest BCUT2D eigenvalue weighted by Crippen LogP contribution is 2.30. The summed E-state index contributed by atoms with van der Waals surface area (Å²) in [5.41, 5.74) is 6.43. The monoisotopic (exact) mass is 408 g/mol. The van der Waals surface area contributed by atoms with Gasteiger partial charge in [-0.1, -0.05) is 66.2 Å². The minimum Gasteiger partial charge on any atom is -0.388 e. The lowest BCUT2D eigenvalue weighted by Crippen LogP contribution is -2.29. The number of fused-ring (bicyclic) bond motifs is 1. The van der Waals surface area contributed by atoms with Gasteiger partial charge in [-0.3, -0.25) is 4.79 Å². The summed E-state index contributed by atoms with van der Waals surface area (Å²) in [6, 6.07) is 28.9. The standard InChI is InChI=1S/C28H28N2O/c1-19-8-10-21(11-9-19)22-12-14-23(15-13-22)28(31)30(4)20(2)26-7-5-6-24-18-25(29-3)16-17-27(24)26/h5-18,20,29H,1-4H3. The lowest BCUT2D eigenvalue weighted by molar-refractivity contribution is 0.0743. The van der Waals surface area contributed by atoms with E-state index >= 15 is 0 Å². The summed E-state index contributed by atoms with van der Waals surface area (Å²) in [6.45, 7) is 4.16. The molecule has 1 unspecified atom stereocenters. The van der Waals surface area contributed by atoms with Gasteiger partial charge in [0.15, 0.2) is 0 Å². The second-order valence-electron chi connectivity index (χ2n) is 8.07. The zero-order valence-corrected chi connectivity index (χ0v) is 18.5. The second-order valence-corrected chi connectivity index (χ2v) is 8.07. The number of benzene rings is 4. The fourth-order valence-electron chi connectivity index (χ4n) is 3.97. The van der Waals surface area contributed by atoms with E-state index in [4.69, 9.17) is 0 Å². The lowest BCUT2D eigenvalue weighted by atomic mass is 9.97. The Morgan fingerprint density at radius 3 is 2.16 bits per heavy atom. The average molecular weight is 409 g/mol. The number of nitrogens with zero attached hydrogens (tertiary/aromatic N) is 1. The molecule has 4 aromatic carbocycles. The van der Waals surface area contributed by atoms with Crippen molar-refractivity contribution < 1.29 is 4.79 Å². The van der Waals surface area contributed by atoms with Crippen LogP contribution in [0, 0.1) is 6.92 Å². The molecule has 0 heterocycles. The van der Waals surface area contributed by atoms with Crippen molar-refractivity contribution in [3.63, 3.8) is 0 Å². The Kier molecular flexibility index (Phi) is 5.77. The zero-order chi connectivity index (χ0) is 22.0. The van der Waals surface area contributed by atoms with Crippen LogP contribution in [0.4, 0.5) is 5.69 Å². The summed E-state index contributed by atoms with van der Waals surface area (Å²) < 4.78 is 0. The number of amides is 1. The quantitative estimate of drug-likeness (QED) is 0.399. The molecule has 1 N–H and O–H groups in total. The Labute approximate surface area is 184 Å². The highest BCUT2D eigenvalue weighted by atomic mass is 16.2. The smallest absolute Gasteiger partial charge is 0.254 e. The number of hydrogen-bond donors (Lipinski definition) is 1. The van der Waals surface area contributed by atoms with E-state index in [0.717, 1.165) is 22.4 Å². The third-order valence-corrected chi connectivity index (χ3v) is 6.07. The molecule has 0 aliphatic carbocycles. The van der Waals surface area contributed by atoms with E-state index in [-0.39, 0.29) is 11.9 Å². The molecule has 0 aliphatic heterocycles. The van der Waals surface area contributed by atoms with Crippen molar-refractivity contribution in [2.24, 2.45) is 0 Å². The molecule has 0 saturated carbocycles. The van der Waals surface area contributed by atoms with Crippen molar-refractivity contribution in [2.45, 2.75) is 19.9 Å². The number of rotatable bonds is 5. The minimum atomic E-state index is -0.0478. The summed E-state index contributed by atoms with van der Waals surface area (Å²) in [5, 5.41) is 5.52. The molecule has 0 radical (unpaired) electrons. The van der Waals surface area contributed by atoms with Gasteiger partial charge in [-0.25, -0.2) is 0 Å². The zero-order valence-electron chi connectivity index (χ0n) is 18.5. The first kappa shape index (κ1) is 20.7. The summed E-state index contributed by atoms with van der Waals surface area (Å²) in [7, 11) is 3.80. The van der Waals surface area contributed by atoms with Crippen LogP contribution in [-0.2, 0) is 0 Å². The Balaban J connectivity index is 1.58. The number of anilines is 1. The predicted molar refractivity (Wildman–Crippen MR) is 131 cm³/mol. The van der Waals surface area contributed by atoms with Crippen LogP contribution >= 0.6 is 0 Å². The molecule has 3 nitrogen and oxygen atoms in total. The van der Waals surface area contributed by atoms with Gasteiger partial charge in [0.2, 0.25) is 0 Å². The number of nitrogens with one attached hydrogen (secondary N) is 1. The molecular weight excluding hydrogens is 380 g/mol. The third kappa shape index (κ3) is 4.17. The molecule has 4 rings (SSSR count). The predicted octanol–water partition coefficient (Wildman–Crippen LogP) is 6.69. The molecule has 3 heteroatoms. The van der Waals surface area contributed by atoms with Crippen LogP contribution in [0.25, 0.3) is 21.9 Å². The van der Waals surface area contributed by atoms with Crippen LogP contribution in [0.5, 0.6) is 0 Å². The Hall–Kier alpha value is -3.59. The highest BCUT2D eigenvalue weighted by Gasteiger charge is 2.20. The van der Waals surface area contributed by atoms with Gasteiger partial charge in [0, 0.05) is 25.3 Å². The summed E-state index contributed by atoms with van der Waals surface area (Å²) in [4.78, 5) is 15.0. The maximum Gasteiger partial charge on any atom is 0.254 e. The molecule has 1 amide bonds. The molecule has 1 atom stereocenters. The molecule has 0 bridgehead atoms. The largest absolute Gasteiger partial charge is 0.388 e. The first-order valence-electron chi connectivity index (χ1n) is 10.6. The van der Waals surface area contributed by atoms with Gasteiger partial charge in [0.05, 0.1) is 6.04 Å². The summed E-state index contributed by atoms with van der Waals surface area (Å²) in [6.07, 6.45) is 0. The van der Waals surface area contributed by atoms with Crippen LogP contribution in [0.2, 0.25) is 0 Å². The number of carbonyl (C=O) groups is 1. The van der Waals surface area contributed by atoms with Crippen LogP contribution in [0.3, 0.4) is 0 Å². The molecule has 0 aromatic heterocycles. The maximum absolute atomic E-state index is 13.2. The van der Waals surface area contributed by atoms with Gasteiger partial charge in [-0.05, 0) is 65.6 Å². The van der Waals surface area contributed by atoms with Gasteiger partial charge in [-0.2, -0.15) is 0 Å². The van der Waals surface area contributed by atoms with Gasteiger partial charge in [0.25, 0.3) is 5.91 Å². The fourth-order valence-corrected chi connectivity index (χ4v) is 3.97. The van der Waals surface area contributed by atoms with Crippen LogP contribution in [0.15, 0.2) is 84.9 Å². The molecular formula is C28H28N2O. The van der Waals surface area contributed by atoms with Crippen LogP contribution < -0.4 is 5.32 Å². The van der Waals surface area contributed by atoms with Crippen molar-refractivity contribution in [1.29, 1.82) is 0 Å². The maximum atomic E-state index is 13.2. The summed E-state index contributed by atoms with van der Waals surface area (Å²) in [5.74, 6) is 0.0202. The number of carbonyl (C=O) groups excluding carboxylic acids is 1. The first-order valence-corrected chi connectivity index (χ1v) is 10.6. The molecule has 0 aliphatic rings. The molecule has 31 heavy (non-hydrogen) atoms. The summed E-state index contributed by atoms with van der Waals surface area (Å²) >= 11 is 0. The van der Waals surface area contributed by atoms with Crippen molar-refractivity contribution in [3.05, 3.63) is 102 Å². The van der Waals surface area contributed by atoms with E-state index in [1.54, 1.807) is 0 Å². The molecule has 0 fully saturated rings. The lowest BCUT2D eigenvalue weighted by Gasteiger charge is -2.27. The Morgan fingerprint density at radius 1 is 0.871 bits per heavy atom. The van der Waals surface area contributed by atoms with Crippen LogP contribution in [-0.4, -0.2) is 24.9 Å².